The number of nitro benzene ring substituents is 1. The van der Waals surface area contributed by atoms with Gasteiger partial charge < -0.3 is 0 Å². The van der Waals surface area contributed by atoms with Crippen molar-refractivity contribution in [3.63, 3.8) is 0 Å². The number of benzene rings is 2. The number of non-ortho nitro benzene ring substituents is 1. The van der Waals surface area contributed by atoms with Crippen molar-refractivity contribution in [3.8, 4) is 11.1 Å². The first kappa shape index (κ1) is 15.1. The fourth-order valence-electron chi connectivity index (χ4n) is 1.97. The molecule has 21 heavy (non-hydrogen) atoms. The van der Waals surface area contributed by atoms with Gasteiger partial charge >= 0.3 is 0 Å². The van der Waals surface area contributed by atoms with Crippen molar-refractivity contribution in [3.05, 3.63) is 58.1 Å². The van der Waals surface area contributed by atoms with Crippen molar-refractivity contribution < 1.29 is 13.3 Å². The third kappa shape index (κ3) is 3.09. The van der Waals surface area contributed by atoms with Crippen molar-refractivity contribution in [2.24, 2.45) is 0 Å². The second-order valence-electron chi connectivity index (χ2n) is 4.49. The molecular weight excluding hydrogens is 292 g/mol. The van der Waals surface area contributed by atoms with Crippen LogP contribution >= 0.6 is 0 Å². The highest BCUT2D eigenvalue weighted by Crippen LogP contribution is 2.28. The van der Waals surface area contributed by atoms with Gasteiger partial charge in [0.05, 0.1) is 9.82 Å². The van der Waals surface area contributed by atoms with Gasteiger partial charge in [-0.15, -0.1) is 0 Å². The molecule has 0 saturated carbocycles. The first-order valence-electron chi connectivity index (χ1n) is 6.14. The number of hydrogen-bond acceptors (Lipinski definition) is 4. The van der Waals surface area contributed by atoms with E-state index in [4.69, 9.17) is 0 Å². The van der Waals surface area contributed by atoms with E-state index in [0.717, 1.165) is 11.1 Å². The molecule has 0 aliphatic heterocycles. The Labute approximate surface area is 122 Å². The number of rotatable bonds is 4. The van der Waals surface area contributed by atoms with Gasteiger partial charge in [0.15, 0.2) is 0 Å². The number of nitro groups is 1. The SMILES string of the molecule is CNS(=O)(=O)c1ccc(-c2cc([N+](=O)[O-])ccc2C)cc1. The highest BCUT2D eigenvalue weighted by Gasteiger charge is 2.13. The predicted octanol–water partition coefficient (Wildman–Crippen LogP) is 2.48. The quantitative estimate of drug-likeness (QED) is 0.694. The third-order valence-electron chi connectivity index (χ3n) is 3.18. The molecule has 0 heterocycles. The Bertz CT molecular complexity index is 783. The topological polar surface area (TPSA) is 89.3 Å². The molecule has 0 amide bonds. The Morgan fingerprint density at radius 1 is 1.10 bits per heavy atom. The Balaban J connectivity index is 2.48. The Morgan fingerprint density at radius 3 is 2.24 bits per heavy atom. The molecule has 0 aromatic heterocycles. The first-order valence-corrected chi connectivity index (χ1v) is 7.62. The van der Waals surface area contributed by atoms with Crippen LogP contribution in [0.1, 0.15) is 5.56 Å². The van der Waals surface area contributed by atoms with Crippen LogP contribution in [0.4, 0.5) is 5.69 Å². The molecule has 0 radical (unpaired) electrons. The van der Waals surface area contributed by atoms with Gasteiger partial charge in [-0.3, -0.25) is 10.1 Å². The van der Waals surface area contributed by atoms with Crippen LogP contribution in [0.2, 0.25) is 0 Å². The van der Waals surface area contributed by atoms with E-state index in [-0.39, 0.29) is 10.6 Å². The van der Waals surface area contributed by atoms with Gasteiger partial charge in [-0.25, -0.2) is 13.1 Å². The van der Waals surface area contributed by atoms with Crippen LogP contribution in [0.15, 0.2) is 47.4 Å². The monoisotopic (exact) mass is 306 g/mol. The molecule has 2 rings (SSSR count). The maximum absolute atomic E-state index is 11.7. The maximum Gasteiger partial charge on any atom is 0.270 e. The van der Waals surface area contributed by atoms with E-state index in [2.05, 4.69) is 4.72 Å². The van der Waals surface area contributed by atoms with E-state index < -0.39 is 14.9 Å². The molecular formula is C14H14N2O4S. The van der Waals surface area contributed by atoms with E-state index in [1.165, 1.54) is 31.3 Å². The van der Waals surface area contributed by atoms with Gasteiger partial charge in [0.25, 0.3) is 5.69 Å². The van der Waals surface area contributed by atoms with Crippen molar-refractivity contribution in [2.75, 3.05) is 7.05 Å². The summed E-state index contributed by atoms with van der Waals surface area (Å²) in [5, 5.41) is 10.8. The Morgan fingerprint density at radius 2 is 1.71 bits per heavy atom. The van der Waals surface area contributed by atoms with Crippen molar-refractivity contribution >= 4 is 15.7 Å². The van der Waals surface area contributed by atoms with Crippen molar-refractivity contribution in [2.45, 2.75) is 11.8 Å². The van der Waals surface area contributed by atoms with Gasteiger partial charge in [-0.2, -0.15) is 0 Å². The summed E-state index contributed by atoms with van der Waals surface area (Å²) < 4.78 is 25.6. The zero-order valence-corrected chi connectivity index (χ0v) is 12.3. The molecule has 1 N–H and O–H groups in total. The zero-order chi connectivity index (χ0) is 15.6. The van der Waals surface area contributed by atoms with E-state index >= 15 is 0 Å². The molecule has 0 saturated heterocycles. The number of hydrogen-bond donors (Lipinski definition) is 1. The van der Waals surface area contributed by atoms with E-state index in [9.17, 15) is 18.5 Å². The second-order valence-corrected chi connectivity index (χ2v) is 6.37. The molecule has 7 heteroatoms. The number of sulfonamides is 1. The summed E-state index contributed by atoms with van der Waals surface area (Å²) in [5.41, 5.74) is 2.32. The minimum atomic E-state index is -3.49. The molecule has 0 atom stereocenters. The average Bonchev–Trinajstić information content (AvgIpc) is 2.47. The van der Waals surface area contributed by atoms with Gasteiger partial charge in [-0.1, -0.05) is 18.2 Å². The van der Waals surface area contributed by atoms with Crippen molar-refractivity contribution in [1.82, 2.24) is 4.72 Å². The van der Waals surface area contributed by atoms with Gasteiger partial charge in [0, 0.05) is 12.1 Å². The average molecular weight is 306 g/mol. The lowest BCUT2D eigenvalue weighted by atomic mass is 10.00. The highest BCUT2D eigenvalue weighted by molar-refractivity contribution is 7.89. The number of aryl methyl sites for hydroxylation is 1. The lowest BCUT2D eigenvalue weighted by Crippen LogP contribution is -2.18. The van der Waals surface area contributed by atoms with Crippen LogP contribution in [-0.2, 0) is 10.0 Å². The third-order valence-corrected chi connectivity index (χ3v) is 4.61. The van der Waals surface area contributed by atoms with Crippen LogP contribution in [0, 0.1) is 17.0 Å². The minimum absolute atomic E-state index is 0.00234. The predicted molar refractivity (Wildman–Crippen MR) is 79.5 cm³/mol. The molecule has 6 nitrogen and oxygen atoms in total. The van der Waals surface area contributed by atoms with Crippen LogP contribution in [0.3, 0.4) is 0 Å². The molecule has 2 aromatic rings. The van der Waals surface area contributed by atoms with Crippen LogP contribution in [0.25, 0.3) is 11.1 Å². The fraction of sp³-hybridized carbons (Fsp3) is 0.143. The Kier molecular flexibility index (Phi) is 4.06. The lowest BCUT2D eigenvalue weighted by molar-refractivity contribution is -0.384. The van der Waals surface area contributed by atoms with Gasteiger partial charge in [-0.05, 0) is 42.8 Å². The summed E-state index contributed by atoms with van der Waals surface area (Å²) >= 11 is 0. The molecule has 2 aromatic carbocycles. The molecule has 0 aliphatic carbocycles. The zero-order valence-electron chi connectivity index (χ0n) is 11.5. The molecule has 110 valence electrons. The largest absolute Gasteiger partial charge is 0.270 e. The molecule has 0 bridgehead atoms. The molecule has 0 aliphatic rings. The molecule has 0 fully saturated rings. The second kappa shape index (κ2) is 5.63. The summed E-state index contributed by atoms with van der Waals surface area (Å²) in [4.78, 5) is 10.5. The summed E-state index contributed by atoms with van der Waals surface area (Å²) in [7, 11) is -2.15. The van der Waals surface area contributed by atoms with Crippen molar-refractivity contribution in [1.29, 1.82) is 0 Å². The lowest BCUT2D eigenvalue weighted by Gasteiger charge is -2.07. The summed E-state index contributed by atoms with van der Waals surface area (Å²) in [6.45, 7) is 1.84. The van der Waals surface area contributed by atoms with Crippen LogP contribution in [-0.4, -0.2) is 20.4 Å². The van der Waals surface area contributed by atoms with Crippen LogP contribution < -0.4 is 4.72 Å². The van der Waals surface area contributed by atoms with Gasteiger partial charge in [0.2, 0.25) is 10.0 Å². The fourth-order valence-corrected chi connectivity index (χ4v) is 2.70. The molecule has 0 spiro atoms. The summed E-state index contributed by atoms with van der Waals surface area (Å²) in [6, 6.07) is 10.8. The van der Waals surface area contributed by atoms with E-state index in [1.54, 1.807) is 18.2 Å². The maximum atomic E-state index is 11.7. The van der Waals surface area contributed by atoms with E-state index in [1.807, 2.05) is 6.92 Å². The minimum Gasteiger partial charge on any atom is -0.258 e. The molecule has 0 unspecified atom stereocenters. The number of nitrogens with zero attached hydrogens (tertiary/aromatic N) is 1. The van der Waals surface area contributed by atoms with Crippen LogP contribution in [0.5, 0.6) is 0 Å². The summed E-state index contributed by atoms with van der Waals surface area (Å²) in [6.07, 6.45) is 0. The normalized spacial score (nSPS) is 11.3. The van der Waals surface area contributed by atoms with E-state index in [0.29, 0.717) is 5.56 Å². The standard InChI is InChI=1S/C14H14N2O4S/c1-10-3-6-12(16(17)18)9-14(10)11-4-7-13(8-5-11)21(19,20)15-2/h3-9,15H,1-2H3. The van der Waals surface area contributed by atoms with Gasteiger partial charge in [0.1, 0.15) is 0 Å². The number of nitrogens with one attached hydrogen (secondary N) is 1. The highest BCUT2D eigenvalue weighted by atomic mass is 32.2. The Hall–Kier alpha value is -2.25. The first-order chi connectivity index (χ1) is 9.85. The smallest absolute Gasteiger partial charge is 0.258 e. The summed E-state index contributed by atoms with van der Waals surface area (Å²) in [5.74, 6) is 0.